The van der Waals surface area contributed by atoms with Crippen molar-refractivity contribution in [3.05, 3.63) is 47.2 Å². The Labute approximate surface area is 126 Å². The highest BCUT2D eigenvalue weighted by Crippen LogP contribution is 2.24. The maximum atomic E-state index is 11.9. The summed E-state index contributed by atoms with van der Waals surface area (Å²) in [6.45, 7) is 1.97. The number of benzene rings is 1. The van der Waals surface area contributed by atoms with Crippen molar-refractivity contribution < 1.29 is 4.79 Å². The summed E-state index contributed by atoms with van der Waals surface area (Å²) in [7, 11) is 0. The lowest BCUT2D eigenvalue weighted by Gasteiger charge is -2.08. The molecule has 0 saturated carbocycles. The van der Waals surface area contributed by atoms with Crippen LogP contribution in [0.4, 0.5) is 11.4 Å². The summed E-state index contributed by atoms with van der Waals surface area (Å²) < 4.78 is 0. The van der Waals surface area contributed by atoms with E-state index in [-0.39, 0.29) is 11.1 Å². The molecule has 1 heterocycles. The molecule has 20 heavy (non-hydrogen) atoms. The number of anilines is 2. The Morgan fingerprint density at radius 3 is 2.95 bits per heavy atom. The van der Waals surface area contributed by atoms with E-state index in [4.69, 9.17) is 17.3 Å². The Morgan fingerprint density at radius 2 is 2.25 bits per heavy atom. The minimum Gasteiger partial charge on any atom is -0.399 e. The lowest BCUT2D eigenvalue weighted by molar-refractivity contribution is -0.113. The van der Waals surface area contributed by atoms with Crippen LogP contribution >= 0.6 is 23.4 Å². The van der Waals surface area contributed by atoms with Crippen LogP contribution in [-0.4, -0.2) is 16.6 Å². The van der Waals surface area contributed by atoms with Crippen LogP contribution in [0.5, 0.6) is 0 Å². The SMILES string of the molecule is Cc1cc(N)ccc1SCC(=O)Nc1cccnc1Cl. The van der Waals surface area contributed by atoms with E-state index >= 15 is 0 Å². The van der Waals surface area contributed by atoms with Crippen LogP contribution in [0, 0.1) is 6.92 Å². The highest BCUT2D eigenvalue weighted by molar-refractivity contribution is 8.00. The molecule has 0 aliphatic rings. The van der Waals surface area contributed by atoms with Gasteiger partial charge in [-0.25, -0.2) is 4.98 Å². The van der Waals surface area contributed by atoms with E-state index < -0.39 is 0 Å². The number of nitrogens with two attached hydrogens (primary N) is 1. The van der Waals surface area contributed by atoms with Gasteiger partial charge in [0.15, 0.2) is 5.15 Å². The normalized spacial score (nSPS) is 10.3. The summed E-state index contributed by atoms with van der Waals surface area (Å²) in [6, 6.07) is 9.06. The van der Waals surface area contributed by atoms with Crippen molar-refractivity contribution in [2.45, 2.75) is 11.8 Å². The monoisotopic (exact) mass is 307 g/mol. The third-order valence-electron chi connectivity index (χ3n) is 2.59. The second kappa shape index (κ2) is 6.63. The van der Waals surface area contributed by atoms with E-state index in [1.54, 1.807) is 18.3 Å². The topological polar surface area (TPSA) is 68.0 Å². The van der Waals surface area contributed by atoms with E-state index in [9.17, 15) is 4.79 Å². The standard InChI is InChI=1S/C14H14ClN3OS/c1-9-7-10(16)4-5-12(9)20-8-13(19)18-11-3-2-6-17-14(11)15/h2-7H,8,16H2,1H3,(H,18,19). The fraction of sp³-hybridized carbons (Fsp3) is 0.143. The average molecular weight is 308 g/mol. The Hall–Kier alpha value is -1.72. The van der Waals surface area contributed by atoms with E-state index in [1.807, 2.05) is 25.1 Å². The Morgan fingerprint density at radius 1 is 1.45 bits per heavy atom. The van der Waals surface area contributed by atoms with Gasteiger partial charge in [-0.05, 0) is 42.8 Å². The molecule has 0 unspecified atom stereocenters. The number of hydrogen-bond donors (Lipinski definition) is 2. The van der Waals surface area contributed by atoms with Crippen LogP contribution in [-0.2, 0) is 4.79 Å². The Balaban J connectivity index is 1.94. The van der Waals surface area contributed by atoms with Crippen molar-refractivity contribution in [3.8, 4) is 0 Å². The number of nitrogens with one attached hydrogen (secondary N) is 1. The zero-order chi connectivity index (χ0) is 14.5. The quantitative estimate of drug-likeness (QED) is 0.516. The number of nitrogen functional groups attached to an aromatic ring is 1. The maximum absolute atomic E-state index is 11.9. The summed E-state index contributed by atoms with van der Waals surface area (Å²) in [5.41, 5.74) is 7.99. The van der Waals surface area contributed by atoms with Crippen LogP contribution in [0.1, 0.15) is 5.56 Å². The lowest BCUT2D eigenvalue weighted by atomic mass is 10.2. The third-order valence-corrected chi connectivity index (χ3v) is 4.07. The predicted octanol–water partition coefficient (Wildman–Crippen LogP) is 3.36. The molecule has 1 aromatic carbocycles. The van der Waals surface area contributed by atoms with Gasteiger partial charge >= 0.3 is 0 Å². The van der Waals surface area contributed by atoms with Crippen molar-refractivity contribution >= 4 is 40.6 Å². The van der Waals surface area contributed by atoms with Crippen molar-refractivity contribution in [2.24, 2.45) is 0 Å². The first-order chi connectivity index (χ1) is 9.56. The summed E-state index contributed by atoms with van der Waals surface area (Å²) >= 11 is 7.34. The van der Waals surface area contributed by atoms with E-state index in [2.05, 4.69) is 10.3 Å². The summed E-state index contributed by atoms with van der Waals surface area (Å²) in [4.78, 5) is 16.8. The summed E-state index contributed by atoms with van der Waals surface area (Å²) in [6.07, 6.45) is 1.57. The number of rotatable bonds is 4. The predicted molar refractivity (Wildman–Crippen MR) is 84.2 cm³/mol. The number of aromatic nitrogens is 1. The number of halogens is 1. The zero-order valence-corrected chi connectivity index (χ0v) is 12.5. The molecular formula is C14H14ClN3OS. The zero-order valence-electron chi connectivity index (χ0n) is 10.9. The molecule has 1 amide bonds. The van der Waals surface area contributed by atoms with Crippen molar-refractivity contribution in [3.63, 3.8) is 0 Å². The Kier molecular flexibility index (Phi) is 4.87. The van der Waals surface area contributed by atoms with Crippen LogP contribution in [0.2, 0.25) is 5.15 Å². The lowest BCUT2D eigenvalue weighted by Crippen LogP contribution is -2.14. The van der Waals surface area contributed by atoms with Gasteiger partial charge in [-0.2, -0.15) is 0 Å². The van der Waals surface area contributed by atoms with Crippen LogP contribution in [0.3, 0.4) is 0 Å². The van der Waals surface area contributed by atoms with Crippen LogP contribution < -0.4 is 11.1 Å². The van der Waals surface area contributed by atoms with Crippen molar-refractivity contribution in [1.29, 1.82) is 0 Å². The first-order valence-corrected chi connectivity index (χ1v) is 7.32. The number of pyridine rings is 1. The van der Waals surface area contributed by atoms with Gasteiger partial charge in [0.05, 0.1) is 11.4 Å². The third kappa shape index (κ3) is 3.88. The smallest absolute Gasteiger partial charge is 0.234 e. The van der Waals surface area contributed by atoms with Crippen molar-refractivity contribution in [1.82, 2.24) is 4.98 Å². The molecule has 0 bridgehead atoms. The van der Waals surface area contributed by atoms with Crippen molar-refractivity contribution in [2.75, 3.05) is 16.8 Å². The molecule has 1 aromatic heterocycles. The second-order valence-electron chi connectivity index (χ2n) is 4.20. The molecule has 104 valence electrons. The largest absolute Gasteiger partial charge is 0.399 e. The highest BCUT2D eigenvalue weighted by Gasteiger charge is 2.08. The maximum Gasteiger partial charge on any atom is 0.234 e. The van der Waals surface area contributed by atoms with E-state index in [0.717, 1.165) is 16.1 Å². The minimum absolute atomic E-state index is 0.124. The molecular weight excluding hydrogens is 294 g/mol. The van der Waals surface area contributed by atoms with Gasteiger partial charge < -0.3 is 11.1 Å². The molecule has 2 aromatic rings. The van der Waals surface area contributed by atoms with Gasteiger partial charge in [0, 0.05) is 16.8 Å². The van der Waals surface area contributed by atoms with E-state index in [0.29, 0.717) is 11.4 Å². The number of amides is 1. The molecule has 0 atom stereocenters. The number of thioether (sulfide) groups is 1. The average Bonchev–Trinajstić information content (AvgIpc) is 2.40. The molecule has 0 aliphatic heterocycles. The van der Waals surface area contributed by atoms with Gasteiger partial charge in [-0.15, -0.1) is 11.8 Å². The summed E-state index contributed by atoms with van der Waals surface area (Å²) in [5.74, 6) is 0.178. The number of carbonyl (C=O) groups excluding carboxylic acids is 1. The molecule has 0 spiro atoms. The molecule has 2 rings (SSSR count). The van der Waals surface area contributed by atoms with Gasteiger partial charge in [0.1, 0.15) is 0 Å². The minimum atomic E-state index is -0.124. The molecule has 0 saturated heterocycles. The van der Waals surface area contributed by atoms with Gasteiger partial charge in [0.25, 0.3) is 0 Å². The first kappa shape index (κ1) is 14.7. The molecule has 6 heteroatoms. The fourth-order valence-corrected chi connectivity index (χ4v) is 2.62. The van der Waals surface area contributed by atoms with E-state index in [1.165, 1.54) is 11.8 Å². The first-order valence-electron chi connectivity index (χ1n) is 5.95. The van der Waals surface area contributed by atoms with Gasteiger partial charge in [0.2, 0.25) is 5.91 Å². The number of hydrogen-bond acceptors (Lipinski definition) is 4. The number of nitrogens with zero attached hydrogens (tertiary/aromatic N) is 1. The van der Waals surface area contributed by atoms with Crippen LogP contribution in [0.25, 0.3) is 0 Å². The molecule has 0 aliphatic carbocycles. The highest BCUT2D eigenvalue weighted by atomic mass is 35.5. The number of aryl methyl sites for hydroxylation is 1. The Bertz CT molecular complexity index is 634. The summed E-state index contributed by atoms with van der Waals surface area (Å²) in [5, 5.41) is 3.02. The molecule has 0 fully saturated rings. The van der Waals surface area contributed by atoms with Crippen LogP contribution in [0.15, 0.2) is 41.4 Å². The van der Waals surface area contributed by atoms with Gasteiger partial charge in [-0.1, -0.05) is 11.6 Å². The molecule has 4 nitrogen and oxygen atoms in total. The molecule has 3 N–H and O–H groups in total. The molecule has 0 radical (unpaired) electrons. The second-order valence-corrected chi connectivity index (χ2v) is 5.58. The van der Waals surface area contributed by atoms with Gasteiger partial charge in [-0.3, -0.25) is 4.79 Å². The number of carbonyl (C=O) groups is 1. The fourth-order valence-electron chi connectivity index (χ4n) is 1.64.